The van der Waals surface area contributed by atoms with Crippen LogP contribution in [-0.4, -0.2) is 23.3 Å². The van der Waals surface area contributed by atoms with Crippen molar-refractivity contribution >= 4 is 18.4 Å². The summed E-state index contributed by atoms with van der Waals surface area (Å²) in [6, 6.07) is 8.41. The molecule has 0 bridgehead atoms. The van der Waals surface area contributed by atoms with E-state index in [2.05, 4.69) is 17.9 Å². The summed E-state index contributed by atoms with van der Waals surface area (Å²) in [5, 5.41) is 3.61. The molecule has 1 N–H and O–H groups in total. The lowest BCUT2D eigenvalue weighted by Crippen LogP contribution is -2.48. The van der Waals surface area contributed by atoms with Gasteiger partial charge in [-0.25, -0.2) is 0 Å². The first-order valence-electron chi connectivity index (χ1n) is 7.66. The largest absolute Gasteiger partial charge is 0.490 e. The van der Waals surface area contributed by atoms with E-state index in [1.165, 1.54) is 0 Å². The second-order valence-corrected chi connectivity index (χ2v) is 6.97. The fraction of sp³-hybridized carbons (Fsp3) is 0.588. The Kier molecular flexibility index (Phi) is 5.71. The lowest BCUT2D eigenvalue weighted by atomic mass is 9.89. The van der Waals surface area contributed by atoms with Gasteiger partial charge in [-0.1, -0.05) is 26.0 Å². The third-order valence-corrected chi connectivity index (χ3v) is 3.94. The van der Waals surface area contributed by atoms with Gasteiger partial charge in [-0.2, -0.15) is 12.6 Å². The van der Waals surface area contributed by atoms with Crippen LogP contribution in [0.5, 0.6) is 5.75 Å². The number of Topliss-reactive ketones (excluding diaryl/α,β-unsaturated/α-hetero) is 1. The second kappa shape index (κ2) is 7.32. The van der Waals surface area contributed by atoms with Crippen LogP contribution in [-0.2, 0) is 11.2 Å². The maximum absolute atomic E-state index is 11.8. The van der Waals surface area contributed by atoms with Crippen molar-refractivity contribution < 1.29 is 9.53 Å². The minimum Gasteiger partial charge on any atom is -0.490 e. The van der Waals surface area contributed by atoms with Crippen molar-refractivity contribution in [1.29, 1.82) is 0 Å². The van der Waals surface area contributed by atoms with Crippen LogP contribution in [0, 0.1) is 5.92 Å². The second-order valence-electron chi connectivity index (χ2n) is 6.20. The quantitative estimate of drug-likeness (QED) is 0.600. The lowest BCUT2D eigenvalue weighted by Gasteiger charge is -2.37. The summed E-state index contributed by atoms with van der Waals surface area (Å²) in [4.78, 5) is 11.8. The van der Waals surface area contributed by atoms with E-state index in [1.807, 2.05) is 45.0 Å². The molecular formula is C17H25NO2S. The van der Waals surface area contributed by atoms with Crippen molar-refractivity contribution in [2.24, 2.45) is 5.92 Å². The fourth-order valence-electron chi connectivity index (χ4n) is 2.47. The molecular weight excluding hydrogens is 282 g/mol. The molecule has 0 amide bonds. The molecule has 0 heterocycles. The van der Waals surface area contributed by atoms with E-state index in [0.717, 1.165) is 24.2 Å². The monoisotopic (exact) mass is 307 g/mol. The van der Waals surface area contributed by atoms with Crippen molar-refractivity contribution in [2.45, 2.75) is 57.6 Å². The van der Waals surface area contributed by atoms with Gasteiger partial charge in [0, 0.05) is 23.8 Å². The topological polar surface area (TPSA) is 38.3 Å². The van der Waals surface area contributed by atoms with E-state index in [1.54, 1.807) is 0 Å². The molecule has 1 saturated carbocycles. The average molecular weight is 307 g/mol. The van der Waals surface area contributed by atoms with Crippen molar-refractivity contribution in [3.8, 4) is 5.75 Å². The molecule has 1 atom stereocenters. The van der Waals surface area contributed by atoms with Gasteiger partial charge in [0.05, 0.1) is 0 Å². The van der Waals surface area contributed by atoms with E-state index >= 15 is 0 Å². The summed E-state index contributed by atoms with van der Waals surface area (Å²) >= 11 is 4.33. The van der Waals surface area contributed by atoms with Crippen molar-refractivity contribution in [1.82, 2.24) is 5.32 Å². The zero-order chi connectivity index (χ0) is 15.4. The predicted molar refractivity (Wildman–Crippen MR) is 89.0 cm³/mol. The molecule has 1 fully saturated rings. The molecule has 21 heavy (non-hydrogen) atoms. The van der Waals surface area contributed by atoms with Crippen molar-refractivity contribution in [3.63, 3.8) is 0 Å². The zero-order valence-corrected chi connectivity index (χ0v) is 13.9. The number of hydrogen-bond donors (Lipinski definition) is 2. The summed E-state index contributed by atoms with van der Waals surface area (Å²) in [6.45, 7) is 5.91. The van der Waals surface area contributed by atoms with E-state index in [0.29, 0.717) is 12.5 Å². The van der Waals surface area contributed by atoms with Crippen LogP contribution >= 0.6 is 12.6 Å². The third kappa shape index (κ3) is 5.04. The molecule has 4 heteroatoms. The highest BCUT2D eigenvalue weighted by Crippen LogP contribution is 2.27. The molecule has 0 aromatic heterocycles. The van der Waals surface area contributed by atoms with Gasteiger partial charge in [-0.15, -0.1) is 0 Å². The van der Waals surface area contributed by atoms with Gasteiger partial charge in [0.15, 0.2) is 0 Å². The molecule has 1 aromatic rings. The van der Waals surface area contributed by atoms with Crippen LogP contribution in [0.3, 0.4) is 0 Å². The van der Waals surface area contributed by atoms with Crippen LogP contribution in [0.2, 0.25) is 0 Å². The van der Waals surface area contributed by atoms with Crippen molar-refractivity contribution in [3.05, 3.63) is 29.8 Å². The molecule has 3 nitrogen and oxygen atoms in total. The Morgan fingerprint density at radius 2 is 2.10 bits per heavy atom. The van der Waals surface area contributed by atoms with Gasteiger partial charge >= 0.3 is 0 Å². The number of carbonyl (C=O) groups excluding carboxylic acids is 1. The predicted octanol–water partition coefficient (Wildman–Crippen LogP) is 3.23. The maximum Gasteiger partial charge on any atom is 0.139 e. The number of carbonyl (C=O) groups is 1. The normalized spacial score (nSPS) is 22.7. The maximum atomic E-state index is 11.8. The minimum atomic E-state index is 0.0799. The number of ether oxygens (including phenoxy) is 1. The fourth-order valence-corrected chi connectivity index (χ4v) is 2.68. The van der Waals surface area contributed by atoms with Crippen LogP contribution in [0.15, 0.2) is 24.3 Å². The van der Waals surface area contributed by atoms with Crippen LogP contribution in [0.1, 0.15) is 39.2 Å². The summed E-state index contributed by atoms with van der Waals surface area (Å²) in [5.41, 5.74) is 1.03. The molecule has 1 aliphatic rings. The number of nitrogens with one attached hydrogen (secondary N) is 1. The first-order chi connectivity index (χ1) is 9.94. The van der Waals surface area contributed by atoms with Gasteiger partial charge in [0.1, 0.15) is 17.6 Å². The molecule has 116 valence electrons. The van der Waals surface area contributed by atoms with Gasteiger partial charge in [0.25, 0.3) is 0 Å². The zero-order valence-electron chi connectivity index (χ0n) is 13.0. The summed E-state index contributed by atoms with van der Waals surface area (Å²) in [6.07, 6.45) is 2.78. The smallest absolute Gasteiger partial charge is 0.139 e. The van der Waals surface area contributed by atoms with Crippen LogP contribution in [0.4, 0.5) is 0 Å². The standard InChI is InChI=1S/C17H25NO2S/c1-11(2)17(19)8-13-5-4-6-15(7-13)20-16-9-14(10-16)18-12(3)21/h4-7,11-12,14,16,18,21H,8-10H2,1-3H3/t12?,14-,16-. The third-order valence-electron chi connectivity index (χ3n) is 3.80. The van der Waals surface area contributed by atoms with Gasteiger partial charge in [0.2, 0.25) is 0 Å². The molecule has 0 aliphatic heterocycles. The number of benzene rings is 1. The van der Waals surface area contributed by atoms with E-state index < -0.39 is 0 Å². The van der Waals surface area contributed by atoms with Crippen LogP contribution < -0.4 is 10.1 Å². The summed E-state index contributed by atoms with van der Waals surface area (Å²) in [5.74, 6) is 1.21. The van der Waals surface area contributed by atoms with Crippen molar-refractivity contribution in [2.75, 3.05) is 0 Å². The molecule has 1 aliphatic carbocycles. The first kappa shape index (κ1) is 16.4. The number of rotatable bonds is 7. The Hall–Kier alpha value is -1.00. The number of thiol groups is 1. The lowest BCUT2D eigenvalue weighted by molar-refractivity contribution is -0.121. The Morgan fingerprint density at radius 1 is 1.38 bits per heavy atom. The number of hydrogen-bond acceptors (Lipinski definition) is 4. The summed E-state index contributed by atoms with van der Waals surface area (Å²) in [7, 11) is 0. The molecule has 0 saturated heterocycles. The molecule has 1 aromatic carbocycles. The molecule has 2 rings (SSSR count). The SMILES string of the molecule is CC(S)N[C@H]1C[C@H](Oc2cccc(CC(=O)C(C)C)c2)C1. The molecule has 0 spiro atoms. The van der Waals surface area contributed by atoms with E-state index in [9.17, 15) is 4.79 Å². The Labute approximate surface area is 132 Å². The Balaban J connectivity index is 1.84. The average Bonchev–Trinajstić information content (AvgIpc) is 2.36. The van der Waals surface area contributed by atoms with Gasteiger partial charge in [-0.05, 0) is 37.5 Å². The Morgan fingerprint density at radius 3 is 2.71 bits per heavy atom. The summed E-state index contributed by atoms with van der Waals surface area (Å²) < 4.78 is 5.97. The highest BCUT2D eigenvalue weighted by Gasteiger charge is 2.31. The highest BCUT2D eigenvalue weighted by molar-refractivity contribution is 7.80. The molecule has 1 unspecified atom stereocenters. The van der Waals surface area contributed by atoms with E-state index in [4.69, 9.17) is 4.74 Å². The molecule has 0 radical (unpaired) electrons. The Bertz CT molecular complexity index is 481. The minimum absolute atomic E-state index is 0.0799. The first-order valence-corrected chi connectivity index (χ1v) is 8.18. The highest BCUT2D eigenvalue weighted by atomic mass is 32.1. The number of ketones is 1. The van der Waals surface area contributed by atoms with Gasteiger partial charge in [-0.3, -0.25) is 4.79 Å². The van der Waals surface area contributed by atoms with E-state index in [-0.39, 0.29) is 23.2 Å². The van der Waals surface area contributed by atoms with Crippen LogP contribution in [0.25, 0.3) is 0 Å². The van der Waals surface area contributed by atoms with Gasteiger partial charge < -0.3 is 10.1 Å².